The molecule has 1 heterocycles. The lowest BCUT2D eigenvalue weighted by atomic mass is 10.1. The first-order chi connectivity index (χ1) is 17.5. The van der Waals surface area contributed by atoms with Crippen molar-refractivity contribution in [2.75, 3.05) is 11.9 Å². The number of amides is 2. The Balaban J connectivity index is 1.31. The van der Waals surface area contributed by atoms with Crippen LogP contribution in [0.15, 0.2) is 97.3 Å². The number of hydrogen-bond acceptors (Lipinski definition) is 5. The minimum absolute atomic E-state index is 0.216. The number of nitrogens with one attached hydrogen (secondary N) is 2. The molecule has 0 radical (unpaired) electrons. The van der Waals surface area contributed by atoms with Crippen LogP contribution in [-0.2, 0) is 16.1 Å². The number of carbonyl (C=O) groups excluding carboxylic acids is 3. The number of carbonyl (C=O) groups is 3. The van der Waals surface area contributed by atoms with Gasteiger partial charge in [0.2, 0.25) is 0 Å². The van der Waals surface area contributed by atoms with E-state index in [-0.39, 0.29) is 17.5 Å². The Bertz CT molecular complexity index is 1340. The van der Waals surface area contributed by atoms with Crippen molar-refractivity contribution >= 4 is 23.5 Å². The summed E-state index contributed by atoms with van der Waals surface area (Å²) in [5, 5.41) is 9.76. The molecule has 1 aromatic heterocycles. The second kappa shape index (κ2) is 11.6. The van der Waals surface area contributed by atoms with Crippen molar-refractivity contribution < 1.29 is 19.1 Å². The SMILES string of the molecule is CC(NC(=O)c1ccccc1NC(=O)COC(=O)c1cnn(Cc2ccccc2)c1)c1ccccc1. The zero-order chi connectivity index (χ0) is 25.3. The van der Waals surface area contributed by atoms with Crippen LogP contribution in [0, 0.1) is 0 Å². The van der Waals surface area contributed by atoms with Crippen LogP contribution in [0.1, 0.15) is 44.8 Å². The molecule has 0 bridgehead atoms. The number of rotatable bonds is 9. The van der Waals surface area contributed by atoms with Gasteiger partial charge in [-0.15, -0.1) is 0 Å². The lowest BCUT2D eigenvalue weighted by molar-refractivity contribution is -0.119. The minimum atomic E-state index is -0.660. The number of benzene rings is 3. The fraction of sp³-hybridized carbons (Fsp3) is 0.143. The first kappa shape index (κ1) is 24.4. The summed E-state index contributed by atoms with van der Waals surface area (Å²) in [7, 11) is 0. The van der Waals surface area contributed by atoms with Crippen molar-refractivity contribution in [3.63, 3.8) is 0 Å². The van der Waals surface area contributed by atoms with Gasteiger partial charge in [-0.25, -0.2) is 4.79 Å². The van der Waals surface area contributed by atoms with Crippen LogP contribution < -0.4 is 10.6 Å². The molecule has 0 saturated carbocycles. The maximum Gasteiger partial charge on any atom is 0.341 e. The van der Waals surface area contributed by atoms with Gasteiger partial charge in [0.25, 0.3) is 11.8 Å². The van der Waals surface area contributed by atoms with E-state index in [9.17, 15) is 14.4 Å². The molecule has 0 spiro atoms. The maximum absolute atomic E-state index is 12.9. The molecule has 4 aromatic rings. The van der Waals surface area contributed by atoms with Crippen molar-refractivity contribution in [1.82, 2.24) is 15.1 Å². The average molecular weight is 483 g/mol. The molecule has 1 atom stereocenters. The summed E-state index contributed by atoms with van der Waals surface area (Å²) < 4.78 is 6.77. The summed E-state index contributed by atoms with van der Waals surface area (Å²) >= 11 is 0. The highest BCUT2D eigenvalue weighted by Crippen LogP contribution is 2.18. The van der Waals surface area contributed by atoms with E-state index in [1.807, 2.05) is 67.6 Å². The molecule has 0 aliphatic carbocycles. The number of hydrogen-bond donors (Lipinski definition) is 2. The fourth-order valence-corrected chi connectivity index (χ4v) is 3.62. The minimum Gasteiger partial charge on any atom is -0.452 e. The predicted molar refractivity (Wildman–Crippen MR) is 135 cm³/mol. The first-order valence-electron chi connectivity index (χ1n) is 11.5. The van der Waals surface area contributed by atoms with E-state index >= 15 is 0 Å². The highest BCUT2D eigenvalue weighted by atomic mass is 16.5. The molecule has 2 amide bonds. The van der Waals surface area contributed by atoms with Gasteiger partial charge >= 0.3 is 5.97 Å². The normalized spacial score (nSPS) is 11.4. The van der Waals surface area contributed by atoms with Crippen molar-refractivity contribution in [2.45, 2.75) is 19.5 Å². The van der Waals surface area contributed by atoms with Gasteiger partial charge in [0.05, 0.1) is 35.6 Å². The molecule has 2 N–H and O–H groups in total. The summed E-state index contributed by atoms with van der Waals surface area (Å²) in [5.74, 6) is -1.55. The zero-order valence-corrected chi connectivity index (χ0v) is 19.8. The Morgan fingerprint density at radius 2 is 1.58 bits per heavy atom. The van der Waals surface area contributed by atoms with Gasteiger partial charge in [-0.05, 0) is 30.2 Å². The first-order valence-corrected chi connectivity index (χ1v) is 11.5. The molecule has 1 unspecified atom stereocenters. The molecule has 8 heteroatoms. The third-order valence-electron chi connectivity index (χ3n) is 5.48. The summed E-state index contributed by atoms with van der Waals surface area (Å²) in [6, 6.07) is 25.7. The second-order valence-corrected chi connectivity index (χ2v) is 8.19. The van der Waals surface area contributed by atoms with E-state index in [1.54, 1.807) is 35.1 Å². The van der Waals surface area contributed by atoms with Crippen LogP contribution in [0.5, 0.6) is 0 Å². The van der Waals surface area contributed by atoms with Gasteiger partial charge < -0.3 is 15.4 Å². The topological polar surface area (TPSA) is 102 Å². The number of esters is 1. The van der Waals surface area contributed by atoms with Gasteiger partial charge in [-0.3, -0.25) is 14.3 Å². The largest absolute Gasteiger partial charge is 0.452 e. The Hall–Kier alpha value is -4.72. The van der Waals surface area contributed by atoms with Crippen molar-refractivity contribution in [1.29, 1.82) is 0 Å². The van der Waals surface area contributed by atoms with E-state index in [2.05, 4.69) is 15.7 Å². The maximum atomic E-state index is 12.9. The highest BCUT2D eigenvalue weighted by Gasteiger charge is 2.17. The van der Waals surface area contributed by atoms with Gasteiger partial charge in [-0.2, -0.15) is 5.10 Å². The monoisotopic (exact) mass is 482 g/mol. The molecule has 0 aliphatic heterocycles. The number of aromatic nitrogens is 2. The summed E-state index contributed by atoms with van der Waals surface area (Å²) in [5.41, 5.74) is 2.88. The lowest BCUT2D eigenvalue weighted by Gasteiger charge is -2.16. The Kier molecular flexibility index (Phi) is 7.87. The number of nitrogens with zero attached hydrogens (tertiary/aromatic N) is 2. The fourth-order valence-electron chi connectivity index (χ4n) is 3.62. The molecule has 4 rings (SSSR count). The van der Waals surface area contributed by atoms with Gasteiger partial charge in [0, 0.05) is 6.20 Å². The van der Waals surface area contributed by atoms with Crippen molar-refractivity contribution in [3.8, 4) is 0 Å². The summed E-state index contributed by atoms with van der Waals surface area (Å²) in [6.07, 6.45) is 2.97. The van der Waals surface area contributed by atoms with Gasteiger partial charge in [0.15, 0.2) is 6.61 Å². The van der Waals surface area contributed by atoms with E-state index in [0.29, 0.717) is 17.8 Å². The summed E-state index contributed by atoms with van der Waals surface area (Å²) in [4.78, 5) is 37.7. The standard InChI is InChI=1S/C28H26N4O4/c1-20(22-12-6-3-7-13-22)30-27(34)24-14-8-9-15-25(24)31-26(33)19-36-28(35)23-16-29-32(18-23)17-21-10-4-2-5-11-21/h2-16,18,20H,17,19H2,1H3,(H,30,34)(H,31,33). The van der Waals surface area contributed by atoms with E-state index < -0.39 is 18.5 Å². The smallest absolute Gasteiger partial charge is 0.341 e. The van der Waals surface area contributed by atoms with E-state index in [0.717, 1.165) is 11.1 Å². The van der Waals surface area contributed by atoms with Crippen LogP contribution in [0.2, 0.25) is 0 Å². The van der Waals surface area contributed by atoms with Crippen molar-refractivity contribution in [3.05, 3.63) is 120 Å². The lowest BCUT2D eigenvalue weighted by Crippen LogP contribution is -2.28. The summed E-state index contributed by atoms with van der Waals surface area (Å²) in [6.45, 7) is 1.89. The molecule has 182 valence electrons. The molecular weight excluding hydrogens is 456 g/mol. The van der Waals surface area contributed by atoms with Crippen LogP contribution in [-0.4, -0.2) is 34.2 Å². The van der Waals surface area contributed by atoms with Crippen molar-refractivity contribution in [2.24, 2.45) is 0 Å². The highest BCUT2D eigenvalue weighted by molar-refractivity contribution is 6.04. The average Bonchev–Trinajstić information content (AvgIpc) is 3.37. The predicted octanol–water partition coefficient (Wildman–Crippen LogP) is 4.22. The molecule has 8 nitrogen and oxygen atoms in total. The van der Waals surface area contributed by atoms with Crippen LogP contribution >= 0.6 is 0 Å². The van der Waals surface area contributed by atoms with Crippen LogP contribution in [0.3, 0.4) is 0 Å². The Morgan fingerprint density at radius 1 is 0.917 bits per heavy atom. The molecule has 3 aromatic carbocycles. The Morgan fingerprint density at radius 3 is 2.33 bits per heavy atom. The van der Waals surface area contributed by atoms with E-state index in [1.165, 1.54) is 6.20 Å². The quantitative estimate of drug-likeness (QED) is 0.348. The number of ether oxygens (including phenoxy) is 1. The molecule has 0 fully saturated rings. The second-order valence-electron chi connectivity index (χ2n) is 8.19. The molecule has 0 saturated heterocycles. The molecular formula is C28H26N4O4. The number of anilines is 1. The van der Waals surface area contributed by atoms with Gasteiger partial charge in [0.1, 0.15) is 0 Å². The van der Waals surface area contributed by atoms with Crippen LogP contribution in [0.25, 0.3) is 0 Å². The van der Waals surface area contributed by atoms with E-state index in [4.69, 9.17) is 4.74 Å². The van der Waals surface area contributed by atoms with Crippen LogP contribution in [0.4, 0.5) is 5.69 Å². The third kappa shape index (κ3) is 6.44. The number of para-hydroxylation sites is 1. The zero-order valence-electron chi connectivity index (χ0n) is 19.8. The molecule has 36 heavy (non-hydrogen) atoms. The third-order valence-corrected chi connectivity index (χ3v) is 5.48. The Labute approximate surface area is 208 Å². The van der Waals surface area contributed by atoms with Gasteiger partial charge in [-0.1, -0.05) is 72.8 Å². The molecule has 0 aliphatic rings.